The molecule has 122 valence electrons. The van der Waals surface area contributed by atoms with Crippen LogP contribution in [-0.2, 0) is 9.53 Å². The zero-order valence-corrected chi connectivity index (χ0v) is 13.3. The fraction of sp³-hybridized carbons (Fsp3) is 0.111. The fourth-order valence-corrected chi connectivity index (χ4v) is 2.32. The highest BCUT2D eigenvalue weighted by molar-refractivity contribution is 5.99. The van der Waals surface area contributed by atoms with Gasteiger partial charge in [-0.2, -0.15) is 15.8 Å². The lowest BCUT2D eigenvalue weighted by molar-refractivity contribution is -0.138. The molecule has 0 saturated carbocycles. The molecule has 1 heterocycles. The predicted molar refractivity (Wildman–Crippen MR) is 88.2 cm³/mol. The van der Waals surface area contributed by atoms with E-state index in [9.17, 15) is 20.6 Å². The zero-order chi connectivity index (χ0) is 18.4. The normalized spacial score (nSPS) is 13.3. The van der Waals surface area contributed by atoms with E-state index in [0.29, 0.717) is 11.3 Å². The van der Waals surface area contributed by atoms with Crippen LogP contribution in [0.15, 0.2) is 58.4 Å². The summed E-state index contributed by atoms with van der Waals surface area (Å²) >= 11 is 0. The lowest BCUT2D eigenvalue weighted by Crippen LogP contribution is -2.30. The molecule has 1 aromatic rings. The van der Waals surface area contributed by atoms with Crippen LogP contribution in [0.4, 0.5) is 0 Å². The Labute approximate surface area is 144 Å². The van der Waals surface area contributed by atoms with Crippen LogP contribution in [0.3, 0.4) is 0 Å². The van der Waals surface area contributed by atoms with Gasteiger partial charge in [0.25, 0.3) is 0 Å². The van der Waals surface area contributed by atoms with Gasteiger partial charge in [-0.3, -0.25) is 0 Å². The van der Waals surface area contributed by atoms with Crippen molar-refractivity contribution in [1.29, 1.82) is 15.8 Å². The molecule has 1 aliphatic heterocycles. The van der Waals surface area contributed by atoms with Crippen LogP contribution in [0, 0.1) is 34.0 Å². The minimum Gasteiger partial charge on any atom is -0.462 e. The average Bonchev–Trinajstić information content (AvgIpc) is 2.63. The first-order valence-electron chi connectivity index (χ1n) is 7.27. The highest BCUT2D eigenvalue weighted by Gasteiger charge is 2.31. The monoisotopic (exact) mass is 331 g/mol. The van der Waals surface area contributed by atoms with Crippen LogP contribution in [0.5, 0.6) is 0 Å². The van der Waals surface area contributed by atoms with Gasteiger partial charge >= 0.3 is 5.97 Å². The smallest absolute Gasteiger partial charge is 0.342 e. The molecule has 0 spiro atoms. The van der Waals surface area contributed by atoms with Gasteiger partial charge in [-0.25, -0.2) is 4.79 Å². The summed E-state index contributed by atoms with van der Waals surface area (Å²) in [5.74, 6) is -0.814. The summed E-state index contributed by atoms with van der Waals surface area (Å²) in [5, 5.41) is 30.8. The van der Waals surface area contributed by atoms with E-state index in [0.717, 1.165) is 0 Å². The summed E-state index contributed by atoms with van der Waals surface area (Å²) in [7, 11) is 0. The first-order valence-corrected chi connectivity index (χ1v) is 7.27. The summed E-state index contributed by atoms with van der Waals surface area (Å²) in [5.41, 5.74) is 6.26. The van der Waals surface area contributed by atoms with Gasteiger partial charge in [0.2, 0.25) is 0 Å². The minimum absolute atomic E-state index is 0.0354. The van der Waals surface area contributed by atoms with E-state index in [2.05, 4.69) is 5.32 Å². The Kier molecular flexibility index (Phi) is 5.20. The third-order valence-corrected chi connectivity index (χ3v) is 3.42. The summed E-state index contributed by atoms with van der Waals surface area (Å²) in [6.45, 7) is 1.69. The number of ether oxygens (including phenoxy) is 1. The molecule has 0 radical (unpaired) electrons. The van der Waals surface area contributed by atoms with Crippen LogP contribution in [0.1, 0.15) is 12.5 Å². The SMILES string of the molecule is CCOC(=O)C1=C(N)C(C#N)=C(c2ccccc2)NC1=C(C#N)C#N. The lowest BCUT2D eigenvalue weighted by atomic mass is 9.93. The number of dihydropyridines is 1. The summed E-state index contributed by atoms with van der Waals surface area (Å²) in [4.78, 5) is 12.3. The molecule has 2 rings (SSSR count). The second-order valence-electron chi connectivity index (χ2n) is 4.84. The number of nitrogens with zero attached hydrogens (tertiary/aromatic N) is 3. The number of rotatable bonds is 3. The lowest BCUT2D eigenvalue weighted by Gasteiger charge is -2.24. The number of nitriles is 3. The molecular weight excluding hydrogens is 318 g/mol. The van der Waals surface area contributed by atoms with Crippen molar-refractivity contribution in [3.63, 3.8) is 0 Å². The Morgan fingerprint density at radius 1 is 1.20 bits per heavy atom. The molecule has 0 bridgehead atoms. The van der Waals surface area contributed by atoms with Gasteiger partial charge in [0.05, 0.1) is 29.3 Å². The van der Waals surface area contributed by atoms with Crippen LogP contribution in [0.2, 0.25) is 0 Å². The van der Waals surface area contributed by atoms with Gasteiger partial charge < -0.3 is 15.8 Å². The Hall–Kier alpha value is -4.02. The molecule has 3 N–H and O–H groups in total. The van der Waals surface area contributed by atoms with Crippen molar-refractivity contribution < 1.29 is 9.53 Å². The number of nitrogens with two attached hydrogens (primary N) is 1. The second kappa shape index (κ2) is 7.50. The van der Waals surface area contributed by atoms with Crippen LogP contribution >= 0.6 is 0 Å². The average molecular weight is 331 g/mol. The predicted octanol–water partition coefficient (Wildman–Crippen LogP) is 1.60. The van der Waals surface area contributed by atoms with Crippen molar-refractivity contribution in [2.75, 3.05) is 6.61 Å². The molecule has 25 heavy (non-hydrogen) atoms. The topological polar surface area (TPSA) is 136 Å². The zero-order valence-electron chi connectivity index (χ0n) is 13.3. The maximum absolute atomic E-state index is 12.3. The molecule has 7 heteroatoms. The molecule has 1 aromatic carbocycles. The third kappa shape index (κ3) is 3.19. The number of carbonyl (C=O) groups excluding carboxylic acids is 1. The molecular formula is C18H13N5O2. The first-order chi connectivity index (χ1) is 12.1. The van der Waals surface area contributed by atoms with E-state index in [1.807, 2.05) is 6.07 Å². The molecule has 7 nitrogen and oxygen atoms in total. The molecule has 0 atom stereocenters. The van der Waals surface area contributed by atoms with Gasteiger partial charge in [-0.15, -0.1) is 0 Å². The molecule has 1 aliphatic rings. The second-order valence-corrected chi connectivity index (χ2v) is 4.84. The van der Waals surface area contributed by atoms with Crippen molar-refractivity contribution in [3.05, 3.63) is 64.0 Å². The van der Waals surface area contributed by atoms with Gasteiger partial charge in [0, 0.05) is 0 Å². The van der Waals surface area contributed by atoms with Crippen molar-refractivity contribution in [3.8, 4) is 18.2 Å². The first kappa shape index (κ1) is 17.3. The molecule has 0 amide bonds. The Balaban J connectivity index is 2.81. The summed E-state index contributed by atoms with van der Waals surface area (Å²) in [6, 6.07) is 14.2. The van der Waals surface area contributed by atoms with Crippen molar-refractivity contribution in [2.45, 2.75) is 6.92 Å². The number of hydrogen-bond acceptors (Lipinski definition) is 7. The van der Waals surface area contributed by atoms with E-state index < -0.39 is 5.97 Å². The number of allylic oxidation sites excluding steroid dienone is 2. The fourth-order valence-electron chi connectivity index (χ4n) is 2.32. The van der Waals surface area contributed by atoms with Crippen molar-refractivity contribution >= 4 is 11.7 Å². The van der Waals surface area contributed by atoms with Crippen LogP contribution in [-0.4, -0.2) is 12.6 Å². The van der Waals surface area contributed by atoms with E-state index in [1.165, 1.54) is 0 Å². The standard InChI is InChI=1S/C18H13N5O2/c1-2-25-18(24)14-15(22)13(10-21)16(11-6-4-3-5-7-11)23-17(14)12(8-19)9-20/h3-7,23H,2,22H2,1H3. The maximum atomic E-state index is 12.3. The third-order valence-electron chi connectivity index (χ3n) is 3.42. The van der Waals surface area contributed by atoms with Crippen LogP contribution < -0.4 is 11.1 Å². The van der Waals surface area contributed by atoms with Crippen molar-refractivity contribution in [1.82, 2.24) is 5.32 Å². The largest absolute Gasteiger partial charge is 0.462 e. The number of nitrogens with one attached hydrogen (secondary N) is 1. The van der Waals surface area contributed by atoms with E-state index in [4.69, 9.17) is 10.5 Å². The van der Waals surface area contributed by atoms with Gasteiger partial charge in [0.15, 0.2) is 5.57 Å². The van der Waals surface area contributed by atoms with Gasteiger partial charge in [-0.05, 0) is 12.5 Å². The highest BCUT2D eigenvalue weighted by Crippen LogP contribution is 2.31. The number of hydrogen-bond donors (Lipinski definition) is 2. The summed E-state index contributed by atoms with van der Waals surface area (Å²) < 4.78 is 4.95. The Bertz CT molecular complexity index is 918. The van der Waals surface area contributed by atoms with Gasteiger partial charge in [0.1, 0.15) is 23.8 Å². The molecule has 0 fully saturated rings. The van der Waals surface area contributed by atoms with E-state index in [-0.39, 0.29) is 34.7 Å². The number of esters is 1. The van der Waals surface area contributed by atoms with Crippen LogP contribution in [0.25, 0.3) is 5.70 Å². The molecule has 0 aromatic heterocycles. The summed E-state index contributed by atoms with van der Waals surface area (Å²) in [6.07, 6.45) is 0. The Morgan fingerprint density at radius 3 is 2.36 bits per heavy atom. The number of carbonyl (C=O) groups is 1. The molecule has 0 aliphatic carbocycles. The molecule has 0 saturated heterocycles. The molecule has 0 unspecified atom stereocenters. The van der Waals surface area contributed by atoms with Gasteiger partial charge in [-0.1, -0.05) is 30.3 Å². The van der Waals surface area contributed by atoms with E-state index in [1.54, 1.807) is 49.4 Å². The Morgan fingerprint density at radius 2 is 1.84 bits per heavy atom. The minimum atomic E-state index is -0.814. The van der Waals surface area contributed by atoms with E-state index >= 15 is 0 Å². The highest BCUT2D eigenvalue weighted by atomic mass is 16.5. The van der Waals surface area contributed by atoms with Crippen molar-refractivity contribution in [2.24, 2.45) is 5.73 Å². The maximum Gasteiger partial charge on any atom is 0.342 e. The number of benzene rings is 1. The quantitative estimate of drug-likeness (QED) is 0.634.